The Morgan fingerprint density at radius 1 is 1.08 bits per heavy atom. The first-order valence-electron chi connectivity index (χ1n) is 9.39. The SMILES string of the molecule is COc1cccc(C(=O)O)c1CCC(c1ccccc1)N1CCCCC1. The number of carboxylic acid groups (broad SMARTS) is 1. The highest BCUT2D eigenvalue weighted by Gasteiger charge is 2.24. The quantitative estimate of drug-likeness (QED) is 0.793. The van der Waals surface area contributed by atoms with Crippen molar-refractivity contribution in [2.24, 2.45) is 0 Å². The van der Waals surface area contributed by atoms with Gasteiger partial charge in [-0.2, -0.15) is 0 Å². The molecule has 4 heteroatoms. The number of hydrogen-bond acceptors (Lipinski definition) is 3. The van der Waals surface area contributed by atoms with Crippen LogP contribution in [0.3, 0.4) is 0 Å². The number of rotatable bonds is 7. The highest BCUT2D eigenvalue weighted by Crippen LogP contribution is 2.32. The van der Waals surface area contributed by atoms with E-state index in [1.165, 1.54) is 24.8 Å². The summed E-state index contributed by atoms with van der Waals surface area (Å²) in [7, 11) is 1.60. The summed E-state index contributed by atoms with van der Waals surface area (Å²) in [5.74, 6) is -0.233. The van der Waals surface area contributed by atoms with E-state index in [1.807, 2.05) is 12.1 Å². The molecule has 1 heterocycles. The van der Waals surface area contributed by atoms with Gasteiger partial charge >= 0.3 is 5.97 Å². The Kier molecular flexibility index (Phi) is 6.29. The third kappa shape index (κ3) is 4.25. The fourth-order valence-corrected chi connectivity index (χ4v) is 3.96. The molecule has 1 N–H and O–H groups in total. The number of piperidine rings is 1. The van der Waals surface area contributed by atoms with E-state index >= 15 is 0 Å². The molecule has 1 aliphatic rings. The van der Waals surface area contributed by atoms with Crippen LogP contribution in [0.5, 0.6) is 5.75 Å². The predicted octanol–water partition coefficient (Wildman–Crippen LogP) is 4.55. The van der Waals surface area contributed by atoms with Crippen molar-refractivity contribution in [3.63, 3.8) is 0 Å². The van der Waals surface area contributed by atoms with Gasteiger partial charge in [0.1, 0.15) is 5.75 Å². The lowest BCUT2D eigenvalue weighted by atomic mass is 9.93. The van der Waals surface area contributed by atoms with Crippen molar-refractivity contribution in [3.05, 3.63) is 65.2 Å². The summed E-state index contributed by atoms with van der Waals surface area (Å²) in [6, 6.07) is 16.1. The van der Waals surface area contributed by atoms with Crippen molar-refractivity contribution in [3.8, 4) is 5.75 Å². The molecular weight excluding hydrogens is 326 g/mol. The zero-order valence-corrected chi connectivity index (χ0v) is 15.4. The van der Waals surface area contributed by atoms with Gasteiger partial charge in [-0.05, 0) is 56.5 Å². The van der Waals surface area contributed by atoms with Crippen LogP contribution in [0.1, 0.15) is 53.2 Å². The first-order chi connectivity index (χ1) is 12.7. The molecule has 0 spiro atoms. The van der Waals surface area contributed by atoms with E-state index in [1.54, 1.807) is 19.2 Å². The molecule has 0 amide bonds. The molecule has 1 saturated heterocycles. The predicted molar refractivity (Wildman–Crippen MR) is 103 cm³/mol. The minimum absolute atomic E-state index is 0.308. The van der Waals surface area contributed by atoms with Crippen molar-refractivity contribution in [2.75, 3.05) is 20.2 Å². The van der Waals surface area contributed by atoms with Gasteiger partial charge in [-0.25, -0.2) is 4.79 Å². The normalized spacial score (nSPS) is 16.2. The summed E-state index contributed by atoms with van der Waals surface area (Å²) < 4.78 is 5.44. The van der Waals surface area contributed by atoms with Gasteiger partial charge in [-0.1, -0.05) is 42.8 Å². The number of ether oxygens (including phenoxy) is 1. The smallest absolute Gasteiger partial charge is 0.336 e. The average Bonchev–Trinajstić information content (AvgIpc) is 2.69. The van der Waals surface area contributed by atoms with Gasteiger partial charge in [0.2, 0.25) is 0 Å². The van der Waals surface area contributed by atoms with E-state index in [0.29, 0.717) is 23.8 Å². The van der Waals surface area contributed by atoms with Crippen LogP contribution >= 0.6 is 0 Å². The molecule has 0 aromatic heterocycles. The van der Waals surface area contributed by atoms with E-state index < -0.39 is 5.97 Å². The van der Waals surface area contributed by atoms with Crippen LogP contribution < -0.4 is 4.74 Å². The summed E-state index contributed by atoms with van der Waals surface area (Å²) in [6.45, 7) is 2.22. The van der Waals surface area contributed by atoms with Gasteiger partial charge in [-0.15, -0.1) is 0 Å². The number of carboxylic acids is 1. The van der Waals surface area contributed by atoms with E-state index in [0.717, 1.165) is 25.1 Å². The molecule has 2 aromatic rings. The molecule has 0 bridgehead atoms. The summed E-state index contributed by atoms with van der Waals surface area (Å²) >= 11 is 0. The van der Waals surface area contributed by atoms with Crippen LogP contribution in [-0.2, 0) is 6.42 Å². The first kappa shape index (κ1) is 18.5. The average molecular weight is 353 g/mol. The lowest BCUT2D eigenvalue weighted by Gasteiger charge is -2.35. The Balaban J connectivity index is 1.85. The maximum atomic E-state index is 11.6. The van der Waals surface area contributed by atoms with Gasteiger partial charge in [0.05, 0.1) is 12.7 Å². The van der Waals surface area contributed by atoms with Crippen LogP contribution in [0.2, 0.25) is 0 Å². The second-order valence-electron chi connectivity index (χ2n) is 6.85. The zero-order valence-electron chi connectivity index (χ0n) is 15.4. The fourth-order valence-electron chi connectivity index (χ4n) is 3.96. The van der Waals surface area contributed by atoms with E-state index in [9.17, 15) is 9.90 Å². The standard InChI is InChI=1S/C22H27NO3/c1-26-21-12-8-11-19(22(24)25)18(21)13-14-20(17-9-4-2-5-10-17)23-15-6-3-7-16-23/h2,4-5,8-12,20H,3,6-7,13-16H2,1H3,(H,24,25). The van der Waals surface area contributed by atoms with Crippen molar-refractivity contribution in [1.29, 1.82) is 0 Å². The molecule has 0 aliphatic carbocycles. The number of carbonyl (C=O) groups is 1. The Morgan fingerprint density at radius 3 is 2.46 bits per heavy atom. The lowest BCUT2D eigenvalue weighted by Crippen LogP contribution is -2.34. The summed E-state index contributed by atoms with van der Waals surface area (Å²) in [4.78, 5) is 14.2. The molecule has 1 atom stereocenters. The molecule has 0 saturated carbocycles. The van der Waals surface area contributed by atoms with Gasteiger partial charge in [0, 0.05) is 11.6 Å². The molecule has 1 fully saturated rings. The van der Waals surface area contributed by atoms with Crippen LogP contribution in [-0.4, -0.2) is 36.2 Å². The van der Waals surface area contributed by atoms with Crippen LogP contribution in [0.15, 0.2) is 48.5 Å². The maximum Gasteiger partial charge on any atom is 0.336 e. The number of benzene rings is 2. The van der Waals surface area contributed by atoms with Crippen molar-refractivity contribution in [2.45, 2.75) is 38.1 Å². The fraction of sp³-hybridized carbons (Fsp3) is 0.409. The zero-order chi connectivity index (χ0) is 18.4. The molecule has 2 aromatic carbocycles. The Hall–Kier alpha value is -2.33. The van der Waals surface area contributed by atoms with E-state index in [2.05, 4.69) is 29.2 Å². The molecule has 1 unspecified atom stereocenters. The van der Waals surface area contributed by atoms with Gasteiger partial charge in [0.15, 0.2) is 0 Å². The molecule has 138 valence electrons. The van der Waals surface area contributed by atoms with Crippen molar-refractivity contribution in [1.82, 2.24) is 4.90 Å². The highest BCUT2D eigenvalue weighted by molar-refractivity contribution is 5.90. The molecule has 3 rings (SSSR count). The van der Waals surface area contributed by atoms with Crippen molar-refractivity contribution >= 4 is 5.97 Å². The van der Waals surface area contributed by atoms with Crippen LogP contribution in [0.25, 0.3) is 0 Å². The number of likely N-dealkylation sites (tertiary alicyclic amines) is 1. The van der Waals surface area contributed by atoms with E-state index in [-0.39, 0.29) is 0 Å². The Labute approximate surface area is 155 Å². The monoisotopic (exact) mass is 353 g/mol. The highest BCUT2D eigenvalue weighted by atomic mass is 16.5. The molecular formula is C22H27NO3. The first-order valence-corrected chi connectivity index (χ1v) is 9.39. The second kappa shape index (κ2) is 8.86. The van der Waals surface area contributed by atoms with Gasteiger partial charge in [-0.3, -0.25) is 4.90 Å². The number of aromatic carboxylic acids is 1. The lowest BCUT2D eigenvalue weighted by molar-refractivity contribution is 0.0695. The third-order valence-electron chi connectivity index (χ3n) is 5.27. The number of hydrogen-bond donors (Lipinski definition) is 1. The van der Waals surface area contributed by atoms with Gasteiger partial charge in [0.25, 0.3) is 0 Å². The Bertz CT molecular complexity index is 723. The summed E-state index contributed by atoms with van der Waals surface area (Å²) in [5, 5.41) is 9.55. The largest absolute Gasteiger partial charge is 0.496 e. The molecule has 0 radical (unpaired) electrons. The van der Waals surface area contributed by atoms with Crippen LogP contribution in [0.4, 0.5) is 0 Å². The molecule has 26 heavy (non-hydrogen) atoms. The van der Waals surface area contributed by atoms with Crippen molar-refractivity contribution < 1.29 is 14.6 Å². The minimum atomic E-state index is -0.895. The summed E-state index contributed by atoms with van der Waals surface area (Å²) in [6.07, 6.45) is 5.33. The molecule has 4 nitrogen and oxygen atoms in total. The number of methoxy groups -OCH3 is 1. The number of nitrogens with zero attached hydrogens (tertiary/aromatic N) is 1. The topological polar surface area (TPSA) is 49.8 Å². The van der Waals surface area contributed by atoms with Crippen LogP contribution in [0, 0.1) is 0 Å². The second-order valence-corrected chi connectivity index (χ2v) is 6.85. The molecule has 1 aliphatic heterocycles. The summed E-state index contributed by atoms with van der Waals surface area (Å²) in [5.41, 5.74) is 2.44. The Morgan fingerprint density at radius 2 is 1.81 bits per heavy atom. The third-order valence-corrected chi connectivity index (χ3v) is 5.27. The minimum Gasteiger partial charge on any atom is -0.496 e. The van der Waals surface area contributed by atoms with Gasteiger partial charge < -0.3 is 9.84 Å². The van der Waals surface area contributed by atoms with E-state index in [4.69, 9.17) is 4.74 Å². The maximum absolute atomic E-state index is 11.6.